The number of esters is 4. The number of carbonyl (C=O) groups excluding carboxylic acids is 5. The fourth-order valence-corrected chi connectivity index (χ4v) is 8.89. The van der Waals surface area contributed by atoms with Gasteiger partial charge in [-0.25, -0.2) is 4.79 Å². The minimum atomic E-state index is -1.48. The van der Waals surface area contributed by atoms with Crippen molar-refractivity contribution < 1.29 is 52.4 Å². The molecule has 11 heteroatoms. The smallest absolute Gasteiger partial charge is 0.339 e. The summed E-state index contributed by atoms with van der Waals surface area (Å²) in [5, 5.41) is 0. The summed E-state index contributed by atoms with van der Waals surface area (Å²) in [6.07, 6.45) is 1.91. The molecule has 0 aromatic carbocycles. The summed E-state index contributed by atoms with van der Waals surface area (Å²) in [5.74, 6) is -1.17. The normalized spacial score (nSPS) is 42.0. The largest absolute Gasteiger partial charge is 0.467 e. The number of fused-ring (bicyclic) bond motifs is 5. The molecule has 0 radical (unpaired) electrons. The lowest BCUT2D eigenvalue weighted by Gasteiger charge is -2.57. The minimum Gasteiger partial charge on any atom is -0.467 e. The lowest BCUT2D eigenvalue weighted by atomic mass is 9.48. The van der Waals surface area contributed by atoms with Crippen LogP contribution in [0.4, 0.5) is 0 Å². The average molecular weight is 605 g/mol. The Hall–Kier alpha value is -2.79. The summed E-state index contributed by atoms with van der Waals surface area (Å²) >= 11 is 0. The number of ketones is 1. The molecule has 4 fully saturated rings. The summed E-state index contributed by atoms with van der Waals surface area (Å²) in [6.45, 7) is 8.01. The molecule has 238 valence electrons. The van der Waals surface area contributed by atoms with Crippen LogP contribution in [0.25, 0.3) is 0 Å². The van der Waals surface area contributed by atoms with Crippen molar-refractivity contribution in [1.82, 2.24) is 0 Å². The van der Waals surface area contributed by atoms with Crippen LogP contribution in [0, 0.1) is 28.6 Å². The molecule has 1 heterocycles. The van der Waals surface area contributed by atoms with E-state index < -0.39 is 54.6 Å². The van der Waals surface area contributed by atoms with Gasteiger partial charge in [-0.15, -0.1) is 0 Å². The van der Waals surface area contributed by atoms with Gasteiger partial charge >= 0.3 is 23.9 Å². The standard InChI is InChI=1S/C32H44O11/c1-16(33)39-25-26(40-17(2)34)28(41-18(3)35)30(43-27(25)29(37)38-6)42-20-11-13-31(4)19(15-20)7-8-21-22-9-10-24(36)32(22,5)14-12-23(21)31/h7,20-23,25-28,30H,8-15H2,1-6H3/t20-,21?,22?,23?,25+,26+,27+,28-,30-,31+,32+/m1/s1. The molecule has 5 rings (SSSR count). The summed E-state index contributed by atoms with van der Waals surface area (Å²) in [5.41, 5.74) is 1.12. The predicted molar refractivity (Wildman–Crippen MR) is 149 cm³/mol. The topological polar surface area (TPSA) is 141 Å². The second-order valence-corrected chi connectivity index (χ2v) is 13.3. The number of carbonyl (C=O) groups is 5. The Labute approximate surface area is 252 Å². The second-order valence-electron chi connectivity index (χ2n) is 13.3. The second kappa shape index (κ2) is 12.0. The van der Waals surface area contributed by atoms with Crippen molar-refractivity contribution in [1.29, 1.82) is 0 Å². The maximum absolute atomic E-state index is 12.8. The van der Waals surface area contributed by atoms with Gasteiger partial charge in [-0.2, -0.15) is 0 Å². The molecular weight excluding hydrogens is 560 g/mol. The number of Topliss-reactive ketones (excluding diaryl/α,β-unsaturated/α-hetero) is 1. The van der Waals surface area contributed by atoms with Crippen LogP contribution in [0.1, 0.15) is 86.0 Å². The van der Waals surface area contributed by atoms with Crippen molar-refractivity contribution in [2.24, 2.45) is 28.6 Å². The molecule has 1 saturated heterocycles. The maximum Gasteiger partial charge on any atom is 0.339 e. The Morgan fingerprint density at radius 2 is 1.44 bits per heavy atom. The molecule has 0 aromatic rings. The third-order valence-corrected chi connectivity index (χ3v) is 10.9. The molecule has 5 aliphatic rings. The quantitative estimate of drug-likeness (QED) is 0.249. The van der Waals surface area contributed by atoms with Crippen LogP contribution in [0.15, 0.2) is 11.6 Å². The van der Waals surface area contributed by atoms with Crippen molar-refractivity contribution in [3.63, 3.8) is 0 Å². The van der Waals surface area contributed by atoms with Gasteiger partial charge in [-0.3, -0.25) is 19.2 Å². The maximum atomic E-state index is 12.8. The van der Waals surface area contributed by atoms with Crippen molar-refractivity contribution in [3.05, 3.63) is 11.6 Å². The highest BCUT2D eigenvalue weighted by molar-refractivity contribution is 5.87. The number of hydrogen-bond donors (Lipinski definition) is 0. The molecule has 0 bridgehead atoms. The molecule has 1 aliphatic heterocycles. The van der Waals surface area contributed by atoms with E-state index in [1.807, 2.05) is 0 Å². The number of hydrogen-bond acceptors (Lipinski definition) is 11. The van der Waals surface area contributed by atoms with E-state index in [0.717, 1.165) is 53.1 Å². The van der Waals surface area contributed by atoms with Crippen LogP contribution in [0.2, 0.25) is 0 Å². The van der Waals surface area contributed by atoms with Gasteiger partial charge in [0.15, 0.2) is 30.7 Å². The van der Waals surface area contributed by atoms with Gasteiger partial charge in [0.05, 0.1) is 13.2 Å². The molecule has 0 amide bonds. The predicted octanol–water partition coefficient (Wildman–Crippen LogP) is 3.60. The molecule has 43 heavy (non-hydrogen) atoms. The number of ether oxygens (including phenoxy) is 6. The molecule has 0 aromatic heterocycles. The molecule has 11 nitrogen and oxygen atoms in total. The van der Waals surface area contributed by atoms with Crippen LogP contribution in [-0.2, 0) is 52.4 Å². The van der Waals surface area contributed by atoms with Crippen molar-refractivity contribution in [2.45, 2.75) is 123 Å². The number of allylic oxidation sites excluding steroid dienone is 1. The first-order valence-electron chi connectivity index (χ1n) is 15.4. The zero-order valence-corrected chi connectivity index (χ0v) is 25.9. The highest BCUT2D eigenvalue weighted by atomic mass is 16.7. The first-order chi connectivity index (χ1) is 20.3. The lowest BCUT2D eigenvalue weighted by molar-refractivity contribution is -0.312. The van der Waals surface area contributed by atoms with Gasteiger partial charge < -0.3 is 28.4 Å². The zero-order valence-electron chi connectivity index (χ0n) is 25.9. The monoisotopic (exact) mass is 604 g/mol. The fraction of sp³-hybridized carbons (Fsp3) is 0.781. The molecule has 3 saturated carbocycles. The van der Waals surface area contributed by atoms with Gasteiger partial charge in [0.1, 0.15) is 5.78 Å². The van der Waals surface area contributed by atoms with Gasteiger partial charge in [0.25, 0.3) is 0 Å². The molecular formula is C32H44O11. The molecule has 11 atom stereocenters. The zero-order chi connectivity index (χ0) is 31.3. The van der Waals surface area contributed by atoms with E-state index in [2.05, 4.69) is 19.9 Å². The fourth-order valence-electron chi connectivity index (χ4n) is 8.89. The summed E-state index contributed by atoms with van der Waals surface area (Å²) < 4.78 is 33.7. The van der Waals surface area contributed by atoms with Crippen molar-refractivity contribution >= 4 is 29.7 Å². The van der Waals surface area contributed by atoms with Crippen LogP contribution in [0.3, 0.4) is 0 Å². The number of methoxy groups -OCH3 is 1. The molecule has 0 spiro atoms. The van der Waals surface area contributed by atoms with E-state index in [4.69, 9.17) is 28.4 Å². The Kier molecular flexibility index (Phi) is 8.79. The first kappa shape index (κ1) is 31.6. The summed E-state index contributed by atoms with van der Waals surface area (Å²) in [7, 11) is 1.16. The first-order valence-corrected chi connectivity index (χ1v) is 15.4. The highest BCUT2D eigenvalue weighted by Gasteiger charge is 2.60. The van der Waals surface area contributed by atoms with Crippen LogP contribution < -0.4 is 0 Å². The Balaban J connectivity index is 1.38. The van der Waals surface area contributed by atoms with Gasteiger partial charge in [0, 0.05) is 32.6 Å². The van der Waals surface area contributed by atoms with E-state index in [9.17, 15) is 24.0 Å². The number of rotatable bonds is 6. The highest BCUT2D eigenvalue weighted by Crippen LogP contribution is 2.64. The van der Waals surface area contributed by atoms with Crippen LogP contribution in [-0.4, -0.2) is 73.6 Å². The SMILES string of the molecule is COC(=O)[C@H]1O[C@@H](O[C@@H]2CC[C@@]3(C)C(=CCC4C3CC[C@]3(C)C(=O)CCC43)C2)[C@H](OC(C)=O)[C@@H](OC(C)=O)[C@@H]1OC(C)=O. The van der Waals surface area contributed by atoms with E-state index in [0.29, 0.717) is 42.8 Å². The van der Waals surface area contributed by atoms with Crippen LogP contribution in [0.5, 0.6) is 0 Å². The van der Waals surface area contributed by atoms with E-state index >= 15 is 0 Å². The van der Waals surface area contributed by atoms with Gasteiger partial charge in [-0.05, 0) is 68.1 Å². The van der Waals surface area contributed by atoms with E-state index in [1.165, 1.54) is 12.5 Å². The Bertz CT molecular complexity index is 1190. The third-order valence-electron chi connectivity index (χ3n) is 10.9. The van der Waals surface area contributed by atoms with Gasteiger partial charge in [0.2, 0.25) is 0 Å². The minimum absolute atomic E-state index is 0.00625. The van der Waals surface area contributed by atoms with E-state index in [1.54, 1.807) is 0 Å². The summed E-state index contributed by atoms with van der Waals surface area (Å²) in [6, 6.07) is 0. The molecule has 4 aliphatic carbocycles. The van der Waals surface area contributed by atoms with Crippen molar-refractivity contribution in [2.75, 3.05) is 7.11 Å². The third kappa shape index (κ3) is 5.75. The molecule has 3 unspecified atom stereocenters. The Morgan fingerprint density at radius 3 is 2.09 bits per heavy atom. The van der Waals surface area contributed by atoms with Gasteiger partial charge in [-0.1, -0.05) is 25.5 Å². The Morgan fingerprint density at radius 1 is 0.837 bits per heavy atom. The molecule has 0 N–H and O–H groups in total. The van der Waals surface area contributed by atoms with E-state index in [-0.39, 0.29) is 16.9 Å². The summed E-state index contributed by atoms with van der Waals surface area (Å²) in [4.78, 5) is 61.8. The average Bonchev–Trinajstić information content (AvgIpc) is 3.24. The lowest BCUT2D eigenvalue weighted by Crippen LogP contribution is -2.64. The van der Waals surface area contributed by atoms with Crippen molar-refractivity contribution in [3.8, 4) is 0 Å². The van der Waals surface area contributed by atoms with Crippen LogP contribution >= 0.6 is 0 Å².